The first-order chi connectivity index (χ1) is 8.47. The number of hydrogen-bond acceptors (Lipinski definition) is 5. The highest BCUT2D eigenvalue weighted by molar-refractivity contribution is 7.80. The van der Waals surface area contributed by atoms with Crippen molar-refractivity contribution in [2.24, 2.45) is 0 Å². The van der Waals surface area contributed by atoms with E-state index in [0.717, 1.165) is 17.0 Å². The molecule has 0 bridgehead atoms. The van der Waals surface area contributed by atoms with E-state index in [0.29, 0.717) is 5.13 Å². The lowest BCUT2D eigenvalue weighted by molar-refractivity contribution is -0.124. The van der Waals surface area contributed by atoms with E-state index in [1.165, 1.54) is 18.3 Å². The predicted molar refractivity (Wildman–Crippen MR) is 76.3 cm³/mol. The van der Waals surface area contributed by atoms with Crippen molar-refractivity contribution in [2.45, 2.75) is 33.2 Å². The van der Waals surface area contributed by atoms with Crippen LogP contribution in [-0.2, 0) is 16.0 Å². The lowest BCUT2D eigenvalue weighted by Crippen LogP contribution is -2.44. The van der Waals surface area contributed by atoms with Crippen molar-refractivity contribution in [3.8, 4) is 0 Å². The van der Waals surface area contributed by atoms with Crippen LogP contribution in [0.25, 0.3) is 0 Å². The van der Waals surface area contributed by atoms with Gasteiger partial charge in [-0.15, -0.1) is 11.3 Å². The van der Waals surface area contributed by atoms with E-state index < -0.39 is 6.04 Å². The number of aryl methyl sites for hydroxylation is 2. The standard InChI is InChI=1S/C11H17N3O2S2/c1-4-8-6(2)18-11(13-8)14-10(16)9(5-17)12-7(3)15/h9,17H,4-5H2,1-3H3,(H,12,15)(H,13,14,16). The molecule has 0 radical (unpaired) electrons. The Kier molecular flexibility index (Phi) is 5.61. The number of amides is 2. The van der Waals surface area contributed by atoms with Crippen LogP contribution in [0.15, 0.2) is 0 Å². The van der Waals surface area contributed by atoms with E-state index >= 15 is 0 Å². The first-order valence-electron chi connectivity index (χ1n) is 5.63. The predicted octanol–water partition coefficient (Wildman–Crippen LogP) is 1.39. The van der Waals surface area contributed by atoms with Gasteiger partial charge in [0.2, 0.25) is 11.8 Å². The zero-order chi connectivity index (χ0) is 13.7. The lowest BCUT2D eigenvalue weighted by atomic mass is 10.3. The van der Waals surface area contributed by atoms with Crippen molar-refractivity contribution in [2.75, 3.05) is 11.1 Å². The fourth-order valence-corrected chi connectivity index (χ4v) is 2.60. The molecule has 1 unspecified atom stereocenters. The highest BCUT2D eigenvalue weighted by Gasteiger charge is 2.19. The number of nitrogens with one attached hydrogen (secondary N) is 2. The number of carbonyl (C=O) groups is 2. The molecule has 0 fully saturated rings. The van der Waals surface area contributed by atoms with Gasteiger partial charge in [0.05, 0.1) is 5.69 Å². The zero-order valence-electron chi connectivity index (χ0n) is 10.6. The Balaban J connectivity index is 2.70. The number of thiol groups is 1. The van der Waals surface area contributed by atoms with E-state index in [1.54, 1.807) is 0 Å². The molecule has 7 heteroatoms. The second-order valence-electron chi connectivity index (χ2n) is 3.80. The Hall–Kier alpha value is -1.08. The smallest absolute Gasteiger partial charge is 0.249 e. The zero-order valence-corrected chi connectivity index (χ0v) is 12.3. The van der Waals surface area contributed by atoms with E-state index in [2.05, 4.69) is 28.2 Å². The van der Waals surface area contributed by atoms with E-state index in [4.69, 9.17) is 0 Å². The topological polar surface area (TPSA) is 71.1 Å². The molecule has 5 nitrogen and oxygen atoms in total. The minimum Gasteiger partial charge on any atom is -0.344 e. The van der Waals surface area contributed by atoms with Gasteiger partial charge in [-0.3, -0.25) is 9.59 Å². The SMILES string of the molecule is CCc1nc(NC(=O)C(CS)NC(C)=O)sc1C. The van der Waals surface area contributed by atoms with Crippen molar-refractivity contribution in [1.29, 1.82) is 0 Å². The number of anilines is 1. The summed E-state index contributed by atoms with van der Waals surface area (Å²) >= 11 is 5.48. The van der Waals surface area contributed by atoms with Crippen molar-refractivity contribution in [3.63, 3.8) is 0 Å². The average Bonchev–Trinajstić information content (AvgIpc) is 2.65. The Labute approximate surface area is 116 Å². The molecular weight excluding hydrogens is 270 g/mol. The van der Waals surface area contributed by atoms with Crippen LogP contribution in [0.4, 0.5) is 5.13 Å². The van der Waals surface area contributed by atoms with Crippen molar-refractivity contribution in [1.82, 2.24) is 10.3 Å². The molecular formula is C11H17N3O2S2. The molecule has 2 N–H and O–H groups in total. The van der Waals surface area contributed by atoms with Gasteiger partial charge in [-0.1, -0.05) is 6.92 Å². The largest absolute Gasteiger partial charge is 0.344 e. The maximum absolute atomic E-state index is 11.9. The van der Waals surface area contributed by atoms with Crippen LogP contribution in [-0.4, -0.2) is 28.6 Å². The lowest BCUT2D eigenvalue weighted by Gasteiger charge is -2.13. The summed E-state index contributed by atoms with van der Waals surface area (Å²) in [5.41, 5.74) is 0.984. The normalized spacial score (nSPS) is 12.0. The van der Waals surface area contributed by atoms with Crippen LogP contribution in [0.3, 0.4) is 0 Å². The third kappa shape index (κ3) is 3.99. The Morgan fingerprint density at radius 2 is 2.17 bits per heavy atom. The summed E-state index contributed by atoms with van der Waals surface area (Å²) in [5.74, 6) is -0.304. The minimum absolute atomic E-state index is 0.246. The molecule has 2 amide bonds. The molecule has 0 aliphatic rings. The third-order valence-corrected chi connectivity index (χ3v) is 3.63. The molecule has 100 valence electrons. The molecule has 0 aliphatic heterocycles. The van der Waals surface area contributed by atoms with Gasteiger partial charge in [0.1, 0.15) is 6.04 Å². The summed E-state index contributed by atoms with van der Waals surface area (Å²) in [6, 6.07) is -0.639. The molecule has 1 aromatic heterocycles. The van der Waals surface area contributed by atoms with Crippen molar-refractivity contribution < 1.29 is 9.59 Å². The molecule has 0 saturated heterocycles. The molecule has 0 aliphatic carbocycles. The quantitative estimate of drug-likeness (QED) is 0.717. The molecule has 1 aromatic rings. The van der Waals surface area contributed by atoms with Crippen molar-refractivity contribution in [3.05, 3.63) is 10.6 Å². The number of aromatic nitrogens is 1. The summed E-state index contributed by atoms with van der Waals surface area (Å²) in [5, 5.41) is 5.79. The monoisotopic (exact) mass is 287 g/mol. The number of hydrogen-bond donors (Lipinski definition) is 3. The van der Waals surface area contributed by atoms with Gasteiger partial charge in [0, 0.05) is 17.6 Å². The van der Waals surface area contributed by atoms with Gasteiger partial charge in [-0.25, -0.2) is 4.98 Å². The maximum Gasteiger partial charge on any atom is 0.249 e. The van der Waals surface area contributed by atoms with Gasteiger partial charge < -0.3 is 10.6 Å². The highest BCUT2D eigenvalue weighted by Crippen LogP contribution is 2.22. The first-order valence-corrected chi connectivity index (χ1v) is 7.08. The fraction of sp³-hybridized carbons (Fsp3) is 0.545. The van der Waals surface area contributed by atoms with Gasteiger partial charge in [-0.05, 0) is 13.3 Å². The van der Waals surface area contributed by atoms with Gasteiger partial charge in [0.15, 0.2) is 5.13 Å². The average molecular weight is 287 g/mol. The summed E-state index contributed by atoms with van der Waals surface area (Å²) in [4.78, 5) is 28.2. The maximum atomic E-state index is 11.9. The molecule has 18 heavy (non-hydrogen) atoms. The van der Waals surface area contributed by atoms with Crippen LogP contribution >= 0.6 is 24.0 Å². The van der Waals surface area contributed by atoms with Crippen molar-refractivity contribution >= 4 is 40.9 Å². The fourth-order valence-electron chi connectivity index (χ4n) is 1.44. The van der Waals surface area contributed by atoms with Gasteiger partial charge >= 0.3 is 0 Å². The van der Waals surface area contributed by atoms with Gasteiger partial charge in [0.25, 0.3) is 0 Å². The van der Waals surface area contributed by atoms with Crippen LogP contribution in [0.1, 0.15) is 24.4 Å². The summed E-state index contributed by atoms with van der Waals surface area (Å²) in [7, 11) is 0. The van der Waals surface area contributed by atoms with Crippen LogP contribution in [0.5, 0.6) is 0 Å². The number of carbonyl (C=O) groups excluding carboxylic acids is 2. The highest BCUT2D eigenvalue weighted by atomic mass is 32.1. The summed E-state index contributed by atoms with van der Waals surface area (Å²) < 4.78 is 0. The van der Waals surface area contributed by atoms with E-state index in [9.17, 15) is 9.59 Å². The number of nitrogens with zero attached hydrogens (tertiary/aromatic N) is 1. The molecule has 1 rings (SSSR count). The Bertz CT molecular complexity index is 445. The Morgan fingerprint density at radius 3 is 2.61 bits per heavy atom. The van der Waals surface area contributed by atoms with Crippen LogP contribution in [0, 0.1) is 6.92 Å². The summed E-state index contributed by atoms with van der Waals surface area (Å²) in [6.45, 7) is 5.35. The number of rotatable bonds is 5. The second kappa shape index (κ2) is 6.75. The molecule has 1 heterocycles. The first kappa shape index (κ1) is 15.0. The molecule has 0 aromatic carbocycles. The molecule has 0 saturated carbocycles. The van der Waals surface area contributed by atoms with E-state index in [1.807, 2.05) is 13.8 Å². The third-order valence-electron chi connectivity index (χ3n) is 2.33. The minimum atomic E-state index is -0.639. The summed E-state index contributed by atoms with van der Waals surface area (Å²) in [6.07, 6.45) is 0.833. The van der Waals surface area contributed by atoms with E-state index in [-0.39, 0.29) is 17.6 Å². The Morgan fingerprint density at radius 1 is 1.50 bits per heavy atom. The number of thiazole rings is 1. The van der Waals surface area contributed by atoms with Crippen LogP contribution < -0.4 is 10.6 Å². The molecule has 0 spiro atoms. The van der Waals surface area contributed by atoms with Gasteiger partial charge in [-0.2, -0.15) is 12.6 Å². The second-order valence-corrected chi connectivity index (χ2v) is 5.37. The van der Waals surface area contributed by atoms with Crippen LogP contribution in [0.2, 0.25) is 0 Å². The molecule has 1 atom stereocenters.